The second-order valence-electron chi connectivity index (χ2n) is 4.75. The molecule has 4 heteroatoms. The Morgan fingerprint density at radius 3 is 2.47 bits per heavy atom. The lowest BCUT2D eigenvalue weighted by atomic mass is 10.0. The Morgan fingerprint density at radius 2 is 1.88 bits per heavy atom. The number of hydrogen-bond donors (Lipinski definition) is 1. The summed E-state index contributed by atoms with van der Waals surface area (Å²) in [6.07, 6.45) is 0. The monoisotopic (exact) mass is 237 g/mol. The Balaban J connectivity index is 2.28. The SMILES string of the molecule is C[C@@H](N)c1c(F)cccc1N1CCN(C)CC1. The van der Waals surface area contributed by atoms with E-state index >= 15 is 0 Å². The van der Waals surface area contributed by atoms with Gasteiger partial charge in [0.05, 0.1) is 0 Å². The van der Waals surface area contributed by atoms with Crippen LogP contribution in [0.15, 0.2) is 18.2 Å². The van der Waals surface area contributed by atoms with E-state index in [2.05, 4.69) is 16.8 Å². The average molecular weight is 237 g/mol. The lowest BCUT2D eigenvalue weighted by Gasteiger charge is -2.35. The minimum atomic E-state index is -0.272. The summed E-state index contributed by atoms with van der Waals surface area (Å²) in [5.41, 5.74) is 7.46. The van der Waals surface area contributed by atoms with Gasteiger partial charge < -0.3 is 15.5 Å². The van der Waals surface area contributed by atoms with Crippen LogP contribution >= 0.6 is 0 Å². The second kappa shape index (κ2) is 5.02. The third-order valence-corrected chi connectivity index (χ3v) is 3.33. The van der Waals surface area contributed by atoms with E-state index < -0.39 is 0 Å². The smallest absolute Gasteiger partial charge is 0.130 e. The van der Waals surface area contributed by atoms with Crippen molar-refractivity contribution in [2.75, 3.05) is 38.1 Å². The quantitative estimate of drug-likeness (QED) is 0.848. The summed E-state index contributed by atoms with van der Waals surface area (Å²) in [5.74, 6) is -0.198. The Labute approximate surface area is 102 Å². The van der Waals surface area contributed by atoms with Gasteiger partial charge in [0.15, 0.2) is 0 Å². The van der Waals surface area contributed by atoms with E-state index in [1.165, 1.54) is 6.07 Å². The third-order valence-electron chi connectivity index (χ3n) is 3.33. The van der Waals surface area contributed by atoms with Gasteiger partial charge in [-0.2, -0.15) is 0 Å². The van der Waals surface area contributed by atoms with Crippen LogP contribution in [0, 0.1) is 5.82 Å². The molecule has 0 aromatic heterocycles. The molecule has 3 nitrogen and oxygen atoms in total. The molecule has 1 aromatic rings. The van der Waals surface area contributed by atoms with E-state index in [1.807, 2.05) is 13.0 Å². The van der Waals surface area contributed by atoms with Crippen molar-refractivity contribution in [1.29, 1.82) is 0 Å². The van der Waals surface area contributed by atoms with Gasteiger partial charge in [-0.25, -0.2) is 4.39 Å². The number of nitrogens with zero attached hydrogens (tertiary/aromatic N) is 2. The predicted molar refractivity (Wildman–Crippen MR) is 68.7 cm³/mol. The summed E-state index contributed by atoms with van der Waals surface area (Å²) in [5, 5.41) is 0. The molecule has 1 aliphatic rings. The molecule has 0 bridgehead atoms. The lowest BCUT2D eigenvalue weighted by Crippen LogP contribution is -2.45. The molecule has 2 N–H and O–H groups in total. The largest absolute Gasteiger partial charge is 0.369 e. The molecule has 2 rings (SSSR count). The van der Waals surface area contributed by atoms with E-state index in [-0.39, 0.29) is 11.9 Å². The number of benzene rings is 1. The fourth-order valence-electron chi connectivity index (χ4n) is 2.30. The van der Waals surface area contributed by atoms with E-state index in [4.69, 9.17) is 5.73 Å². The molecule has 1 aromatic carbocycles. The van der Waals surface area contributed by atoms with Crippen LogP contribution < -0.4 is 10.6 Å². The van der Waals surface area contributed by atoms with Crippen LogP contribution in [-0.4, -0.2) is 38.1 Å². The molecule has 1 heterocycles. The summed E-state index contributed by atoms with van der Waals surface area (Å²) >= 11 is 0. The van der Waals surface area contributed by atoms with Gasteiger partial charge in [-0.1, -0.05) is 6.07 Å². The number of anilines is 1. The predicted octanol–water partition coefficient (Wildman–Crippen LogP) is 1.60. The van der Waals surface area contributed by atoms with Gasteiger partial charge in [-0.3, -0.25) is 0 Å². The molecule has 1 atom stereocenters. The van der Waals surface area contributed by atoms with Crippen molar-refractivity contribution in [1.82, 2.24) is 4.90 Å². The molecule has 0 radical (unpaired) electrons. The molecule has 0 spiro atoms. The van der Waals surface area contributed by atoms with Gasteiger partial charge in [0.25, 0.3) is 0 Å². The highest BCUT2D eigenvalue weighted by Gasteiger charge is 2.20. The molecule has 0 amide bonds. The van der Waals surface area contributed by atoms with Crippen LogP contribution in [0.3, 0.4) is 0 Å². The minimum Gasteiger partial charge on any atom is -0.369 e. The van der Waals surface area contributed by atoms with Crippen LogP contribution in [0.4, 0.5) is 10.1 Å². The number of nitrogens with two attached hydrogens (primary N) is 1. The van der Waals surface area contributed by atoms with Gasteiger partial charge in [0.2, 0.25) is 0 Å². The average Bonchev–Trinajstić information content (AvgIpc) is 2.29. The summed E-state index contributed by atoms with van der Waals surface area (Å²) in [6, 6.07) is 4.94. The van der Waals surface area contributed by atoms with E-state index in [0.29, 0.717) is 5.56 Å². The van der Waals surface area contributed by atoms with Gasteiger partial charge in [0.1, 0.15) is 5.82 Å². The Hall–Kier alpha value is -1.13. The molecule has 1 fully saturated rings. The summed E-state index contributed by atoms with van der Waals surface area (Å²) in [4.78, 5) is 4.50. The van der Waals surface area contributed by atoms with Gasteiger partial charge in [0, 0.05) is 43.5 Å². The van der Waals surface area contributed by atoms with E-state index in [1.54, 1.807) is 6.07 Å². The fraction of sp³-hybridized carbons (Fsp3) is 0.538. The summed E-state index contributed by atoms with van der Waals surface area (Å²) in [7, 11) is 2.11. The Bertz CT molecular complexity index is 384. The lowest BCUT2D eigenvalue weighted by molar-refractivity contribution is 0.312. The van der Waals surface area contributed by atoms with E-state index in [9.17, 15) is 4.39 Å². The number of piperazine rings is 1. The number of halogens is 1. The van der Waals surface area contributed by atoms with E-state index in [0.717, 1.165) is 31.9 Å². The Kier molecular flexibility index (Phi) is 3.64. The normalized spacial score (nSPS) is 19.4. The molecule has 0 unspecified atom stereocenters. The zero-order chi connectivity index (χ0) is 12.4. The van der Waals surface area contributed by atoms with Crippen molar-refractivity contribution in [3.8, 4) is 0 Å². The topological polar surface area (TPSA) is 32.5 Å². The minimum absolute atomic E-state index is 0.198. The molecule has 0 saturated carbocycles. The molecular weight excluding hydrogens is 217 g/mol. The molecule has 1 aliphatic heterocycles. The standard InChI is InChI=1S/C13H20FN3/c1-10(15)13-11(14)4-3-5-12(13)17-8-6-16(2)7-9-17/h3-5,10H,6-9,15H2,1-2H3/t10-/m1/s1. The first-order valence-electron chi connectivity index (χ1n) is 6.07. The highest BCUT2D eigenvalue weighted by molar-refractivity contribution is 5.55. The van der Waals surface area contributed by atoms with Gasteiger partial charge >= 0.3 is 0 Å². The number of likely N-dealkylation sites (N-methyl/N-ethyl adjacent to an activating group) is 1. The highest BCUT2D eigenvalue weighted by Crippen LogP contribution is 2.28. The molecule has 94 valence electrons. The van der Waals surface area contributed by atoms with Crippen LogP contribution in [-0.2, 0) is 0 Å². The number of rotatable bonds is 2. The van der Waals surface area contributed by atoms with Crippen molar-refractivity contribution in [3.63, 3.8) is 0 Å². The maximum absolute atomic E-state index is 13.8. The molecule has 17 heavy (non-hydrogen) atoms. The van der Waals surface area contributed by atoms with Crippen molar-refractivity contribution in [2.24, 2.45) is 5.73 Å². The summed E-state index contributed by atoms with van der Waals surface area (Å²) < 4.78 is 13.8. The number of hydrogen-bond acceptors (Lipinski definition) is 3. The molecular formula is C13H20FN3. The zero-order valence-electron chi connectivity index (χ0n) is 10.5. The third kappa shape index (κ3) is 2.58. The molecule has 1 saturated heterocycles. The fourth-order valence-corrected chi connectivity index (χ4v) is 2.30. The maximum Gasteiger partial charge on any atom is 0.130 e. The first-order valence-corrected chi connectivity index (χ1v) is 6.07. The van der Waals surface area contributed by atoms with Crippen LogP contribution in [0.1, 0.15) is 18.5 Å². The van der Waals surface area contributed by atoms with Crippen LogP contribution in [0.2, 0.25) is 0 Å². The maximum atomic E-state index is 13.8. The van der Waals surface area contributed by atoms with Crippen LogP contribution in [0.25, 0.3) is 0 Å². The van der Waals surface area contributed by atoms with Crippen molar-refractivity contribution in [2.45, 2.75) is 13.0 Å². The van der Waals surface area contributed by atoms with Gasteiger partial charge in [-0.05, 0) is 26.1 Å². The first-order chi connectivity index (χ1) is 8.09. The Morgan fingerprint density at radius 1 is 1.24 bits per heavy atom. The van der Waals surface area contributed by atoms with Gasteiger partial charge in [-0.15, -0.1) is 0 Å². The highest BCUT2D eigenvalue weighted by atomic mass is 19.1. The van der Waals surface area contributed by atoms with Crippen LogP contribution in [0.5, 0.6) is 0 Å². The first kappa shape index (κ1) is 12.3. The molecule has 0 aliphatic carbocycles. The van der Waals surface area contributed by atoms with Crippen molar-refractivity contribution >= 4 is 5.69 Å². The van der Waals surface area contributed by atoms with Crippen molar-refractivity contribution < 1.29 is 4.39 Å². The second-order valence-corrected chi connectivity index (χ2v) is 4.75. The van der Waals surface area contributed by atoms with Crippen molar-refractivity contribution in [3.05, 3.63) is 29.6 Å². The zero-order valence-corrected chi connectivity index (χ0v) is 10.5. The summed E-state index contributed by atoms with van der Waals surface area (Å²) in [6.45, 7) is 5.71.